The number of ether oxygens (including phenoxy) is 1. The molecule has 2 rings (SSSR count). The van der Waals surface area contributed by atoms with Crippen molar-refractivity contribution in [2.45, 2.75) is 33.2 Å². The van der Waals surface area contributed by atoms with Crippen LogP contribution in [0.1, 0.15) is 38.1 Å². The van der Waals surface area contributed by atoms with Crippen molar-refractivity contribution in [3.8, 4) is 0 Å². The fourth-order valence-corrected chi connectivity index (χ4v) is 2.41. The molecule has 1 aromatic carbocycles. The monoisotopic (exact) mass is 304 g/mol. The lowest BCUT2D eigenvalue weighted by Crippen LogP contribution is -2.55. The van der Waals surface area contributed by atoms with Crippen LogP contribution in [0.25, 0.3) is 0 Å². The lowest BCUT2D eigenvalue weighted by atomic mass is 10.0. The summed E-state index contributed by atoms with van der Waals surface area (Å²) in [4.78, 5) is 26.4. The van der Waals surface area contributed by atoms with Crippen LogP contribution in [-0.4, -0.2) is 42.0 Å². The van der Waals surface area contributed by atoms with Gasteiger partial charge in [0.25, 0.3) is 5.91 Å². The van der Waals surface area contributed by atoms with Gasteiger partial charge in [-0.3, -0.25) is 9.59 Å². The summed E-state index contributed by atoms with van der Waals surface area (Å²) in [6.07, 6.45) is 0. The minimum atomic E-state index is -0.327. The van der Waals surface area contributed by atoms with Gasteiger partial charge < -0.3 is 15.0 Å². The van der Waals surface area contributed by atoms with Crippen LogP contribution in [0, 0.1) is 5.92 Å². The van der Waals surface area contributed by atoms with Crippen LogP contribution in [-0.2, 0) is 9.53 Å². The Morgan fingerprint density at radius 3 is 2.68 bits per heavy atom. The maximum absolute atomic E-state index is 12.7. The van der Waals surface area contributed by atoms with Crippen molar-refractivity contribution in [1.82, 2.24) is 4.90 Å². The lowest BCUT2D eigenvalue weighted by Gasteiger charge is -2.42. The number of nitrogens with zero attached hydrogens (tertiary/aromatic N) is 1. The van der Waals surface area contributed by atoms with Crippen LogP contribution < -0.4 is 5.32 Å². The van der Waals surface area contributed by atoms with Crippen molar-refractivity contribution in [2.75, 3.05) is 25.1 Å². The summed E-state index contributed by atoms with van der Waals surface area (Å²) in [7, 11) is 0. The minimum Gasteiger partial charge on any atom is -0.377 e. The van der Waals surface area contributed by atoms with E-state index in [1.807, 2.05) is 32.6 Å². The maximum Gasteiger partial charge on any atom is 0.254 e. The summed E-state index contributed by atoms with van der Waals surface area (Å²) in [6.45, 7) is 9.32. The Morgan fingerprint density at radius 1 is 1.32 bits per heavy atom. The second kappa shape index (κ2) is 6.48. The lowest BCUT2D eigenvalue weighted by molar-refractivity contribution is -0.118. The molecule has 120 valence electrons. The van der Waals surface area contributed by atoms with Gasteiger partial charge in [0.05, 0.1) is 18.8 Å². The van der Waals surface area contributed by atoms with Crippen LogP contribution in [0.4, 0.5) is 5.69 Å². The van der Waals surface area contributed by atoms with Crippen molar-refractivity contribution in [3.05, 3.63) is 29.8 Å². The molecule has 1 aliphatic heterocycles. The first-order valence-electron chi connectivity index (χ1n) is 7.62. The zero-order chi connectivity index (χ0) is 16.3. The van der Waals surface area contributed by atoms with Gasteiger partial charge in [0.1, 0.15) is 0 Å². The van der Waals surface area contributed by atoms with Crippen LogP contribution in [0.3, 0.4) is 0 Å². The number of hydrogen-bond donors (Lipinski definition) is 1. The highest BCUT2D eigenvalue weighted by molar-refractivity contribution is 5.97. The molecule has 1 saturated heterocycles. The van der Waals surface area contributed by atoms with E-state index in [-0.39, 0.29) is 23.3 Å². The highest BCUT2D eigenvalue weighted by Crippen LogP contribution is 2.23. The fraction of sp³-hybridized carbons (Fsp3) is 0.529. The Balaban J connectivity index is 2.18. The van der Waals surface area contributed by atoms with Crippen LogP contribution in [0.5, 0.6) is 0 Å². The van der Waals surface area contributed by atoms with Crippen molar-refractivity contribution in [2.24, 2.45) is 5.92 Å². The van der Waals surface area contributed by atoms with E-state index in [1.165, 1.54) is 0 Å². The number of amides is 2. The molecule has 0 radical (unpaired) electrons. The van der Waals surface area contributed by atoms with E-state index in [1.54, 1.807) is 24.3 Å². The van der Waals surface area contributed by atoms with Gasteiger partial charge in [0.15, 0.2) is 0 Å². The van der Waals surface area contributed by atoms with Gasteiger partial charge in [-0.05, 0) is 32.0 Å². The first kappa shape index (κ1) is 16.5. The second-order valence-corrected chi connectivity index (χ2v) is 6.55. The molecule has 0 atom stereocenters. The van der Waals surface area contributed by atoms with Gasteiger partial charge in [-0.15, -0.1) is 0 Å². The van der Waals surface area contributed by atoms with E-state index in [4.69, 9.17) is 4.74 Å². The first-order valence-corrected chi connectivity index (χ1v) is 7.62. The van der Waals surface area contributed by atoms with Crippen LogP contribution in [0.15, 0.2) is 24.3 Å². The average Bonchev–Trinajstić information content (AvgIpc) is 2.46. The number of carbonyl (C=O) groups excluding carboxylic acids is 2. The highest BCUT2D eigenvalue weighted by Gasteiger charge is 2.34. The molecule has 5 heteroatoms. The van der Waals surface area contributed by atoms with Gasteiger partial charge in [0.2, 0.25) is 5.91 Å². The predicted octanol–water partition coefficient (Wildman–Crippen LogP) is 2.53. The summed E-state index contributed by atoms with van der Waals surface area (Å²) in [5.41, 5.74) is 0.902. The van der Waals surface area contributed by atoms with E-state index in [2.05, 4.69) is 5.32 Å². The Hall–Kier alpha value is -1.88. The van der Waals surface area contributed by atoms with Gasteiger partial charge in [-0.1, -0.05) is 19.9 Å². The van der Waals surface area contributed by atoms with Crippen molar-refractivity contribution in [1.29, 1.82) is 0 Å². The normalized spacial score (nSPS) is 17.4. The van der Waals surface area contributed by atoms with Crippen molar-refractivity contribution < 1.29 is 14.3 Å². The summed E-state index contributed by atoms with van der Waals surface area (Å²) in [5.74, 6) is -0.192. The molecule has 2 amide bonds. The molecule has 0 saturated carbocycles. The molecule has 0 bridgehead atoms. The maximum atomic E-state index is 12.7. The number of anilines is 1. The molecule has 0 aromatic heterocycles. The number of benzene rings is 1. The highest BCUT2D eigenvalue weighted by atomic mass is 16.5. The molecule has 1 aromatic rings. The number of morpholine rings is 1. The predicted molar refractivity (Wildman–Crippen MR) is 85.8 cm³/mol. The first-order chi connectivity index (χ1) is 10.3. The Bertz CT molecular complexity index is 567. The number of hydrogen-bond acceptors (Lipinski definition) is 3. The molecular formula is C17H24N2O3. The molecule has 0 aliphatic carbocycles. The quantitative estimate of drug-likeness (QED) is 0.933. The Kier molecular flexibility index (Phi) is 4.86. The van der Waals surface area contributed by atoms with E-state index in [0.717, 1.165) is 0 Å². The van der Waals surface area contributed by atoms with Gasteiger partial charge in [-0.25, -0.2) is 0 Å². The van der Waals surface area contributed by atoms with Crippen molar-refractivity contribution in [3.63, 3.8) is 0 Å². The molecule has 5 nitrogen and oxygen atoms in total. The molecule has 1 N–H and O–H groups in total. The van der Waals surface area contributed by atoms with Gasteiger partial charge in [0, 0.05) is 23.7 Å². The third kappa shape index (κ3) is 3.65. The third-order valence-electron chi connectivity index (χ3n) is 3.79. The standard InChI is InChI=1S/C17H24N2O3/c1-12(2)15(20)18-14-7-5-6-13(10-14)16(21)19-8-9-22-11-17(19,3)4/h5-7,10,12H,8-9,11H2,1-4H3,(H,18,20). The van der Waals surface area contributed by atoms with Gasteiger partial charge >= 0.3 is 0 Å². The summed E-state index contributed by atoms with van der Waals surface area (Å²) in [5, 5.41) is 2.83. The van der Waals surface area contributed by atoms with Crippen LogP contribution in [0.2, 0.25) is 0 Å². The zero-order valence-electron chi connectivity index (χ0n) is 13.7. The molecule has 1 fully saturated rings. The summed E-state index contributed by atoms with van der Waals surface area (Å²) in [6, 6.07) is 7.09. The summed E-state index contributed by atoms with van der Waals surface area (Å²) < 4.78 is 5.45. The van der Waals surface area contributed by atoms with E-state index in [9.17, 15) is 9.59 Å². The van der Waals surface area contributed by atoms with E-state index < -0.39 is 0 Å². The molecule has 0 spiro atoms. The van der Waals surface area contributed by atoms with Crippen LogP contribution >= 0.6 is 0 Å². The average molecular weight is 304 g/mol. The largest absolute Gasteiger partial charge is 0.377 e. The smallest absolute Gasteiger partial charge is 0.254 e. The van der Waals surface area contributed by atoms with Crippen molar-refractivity contribution >= 4 is 17.5 Å². The molecule has 22 heavy (non-hydrogen) atoms. The molecule has 1 heterocycles. The molecule has 0 unspecified atom stereocenters. The second-order valence-electron chi connectivity index (χ2n) is 6.55. The minimum absolute atomic E-state index is 0.0334. The Labute approximate surface area is 131 Å². The molecular weight excluding hydrogens is 280 g/mol. The number of rotatable bonds is 3. The van der Waals surface area contributed by atoms with Gasteiger partial charge in [-0.2, -0.15) is 0 Å². The topological polar surface area (TPSA) is 58.6 Å². The molecule has 1 aliphatic rings. The number of carbonyl (C=O) groups is 2. The number of nitrogens with one attached hydrogen (secondary N) is 1. The summed E-state index contributed by atoms with van der Waals surface area (Å²) >= 11 is 0. The SMILES string of the molecule is CC(C)C(=O)Nc1cccc(C(=O)N2CCOCC2(C)C)c1. The fourth-order valence-electron chi connectivity index (χ4n) is 2.41. The Morgan fingerprint density at radius 2 is 2.05 bits per heavy atom. The zero-order valence-corrected chi connectivity index (χ0v) is 13.7. The third-order valence-corrected chi connectivity index (χ3v) is 3.79. The van der Waals surface area contributed by atoms with E-state index >= 15 is 0 Å². The van der Waals surface area contributed by atoms with E-state index in [0.29, 0.717) is 31.0 Å².